The van der Waals surface area contributed by atoms with E-state index in [2.05, 4.69) is 31.4 Å². The molecule has 1 saturated carbocycles. The van der Waals surface area contributed by atoms with E-state index in [0.29, 0.717) is 17.9 Å². The van der Waals surface area contributed by atoms with Gasteiger partial charge in [0.1, 0.15) is 11.9 Å². The Labute approximate surface area is 156 Å². The van der Waals surface area contributed by atoms with Crippen molar-refractivity contribution >= 4 is 6.21 Å². The second kappa shape index (κ2) is 6.71. The van der Waals surface area contributed by atoms with Crippen LogP contribution in [0.5, 0.6) is 0 Å². The van der Waals surface area contributed by atoms with E-state index in [9.17, 15) is 4.39 Å². The van der Waals surface area contributed by atoms with Crippen molar-refractivity contribution in [3.05, 3.63) is 47.0 Å². The van der Waals surface area contributed by atoms with E-state index < -0.39 is 6.17 Å². The van der Waals surface area contributed by atoms with Crippen LogP contribution in [0.3, 0.4) is 0 Å². The van der Waals surface area contributed by atoms with Gasteiger partial charge < -0.3 is 9.64 Å². The predicted molar refractivity (Wildman–Crippen MR) is 104 cm³/mol. The highest BCUT2D eigenvalue weighted by molar-refractivity contribution is 5.84. The summed E-state index contributed by atoms with van der Waals surface area (Å²) >= 11 is 0. The van der Waals surface area contributed by atoms with E-state index in [1.807, 2.05) is 12.3 Å². The maximum absolute atomic E-state index is 14.5. The molecular formula is C22H29FN2O. The lowest BCUT2D eigenvalue weighted by atomic mass is 9.79. The Bertz CT molecular complexity index is 726. The number of aliphatic imine (C=N–C) groups is 1. The second-order valence-corrected chi connectivity index (χ2v) is 8.55. The van der Waals surface area contributed by atoms with Crippen molar-refractivity contribution in [3.8, 4) is 0 Å². The molecule has 1 saturated heterocycles. The summed E-state index contributed by atoms with van der Waals surface area (Å²) in [5.41, 5.74) is 3.64. The zero-order valence-corrected chi connectivity index (χ0v) is 15.9. The molecule has 4 heteroatoms. The van der Waals surface area contributed by atoms with Crippen molar-refractivity contribution in [2.45, 2.75) is 52.1 Å². The fourth-order valence-electron chi connectivity index (χ4n) is 3.91. The van der Waals surface area contributed by atoms with Crippen molar-refractivity contribution in [2.75, 3.05) is 19.7 Å². The highest BCUT2D eigenvalue weighted by atomic mass is 19.1. The number of hydrogen-bond acceptors (Lipinski definition) is 3. The number of likely N-dealkylation sites (tertiary alicyclic amines) is 1. The molecule has 4 rings (SSSR count). The molecule has 2 fully saturated rings. The lowest BCUT2D eigenvalue weighted by Gasteiger charge is -2.42. The van der Waals surface area contributed by atoms with E-state index in [1.165, 1.54) is 18.4 Å². The van der Waals surface area contributed by atoms with Crippen molar-refractivity contribution < 1.29 is 9.13 Å². The van der Waals surface area contributed by atoms with E-state index in [1.54, 1.807) is 0 Å². The predicted octanol–water partition coefficient (Wildman–Crippen LogP) is 4.94. The Kier molecular flexibility index (Phi) is 4.54. The third-order valence-electron chi connectivity index (χ3n) is 6.31. The number of rotatable bonds is 5. The number of allylic oxidation sites excluding steroid dienone is 5. The number of nitrogens with zero attached hydrogens (tertiary/aromatic N) is 2. The van der Waals surface area contributed by atoms with Gasteiger partial charge in [0.25, 0.3) is 0 Å². The van der Waals surface area contributed by atoms with Gasteiger partial charge >= 0.3 is 0 Å². The lowest BCUT2D eigenvalue weighted by Crippen LogP contribution is -2.45. The molecule has 0 aromatic heterocycles. The smallest absolute Gasteiger partial charge is 0.167 e. The Morgan fingerprint density at radius 1 is 1.38 bits per heavy atom. The first kappa shape index (κ1) is 17.6. The van der Waals surface area contributed by atoms with Crippen LogP contribution in [0, 0.1) is 11.3 Å². The second-order valence-electron chi connectivity index (χ2n) is 8.55. The van der Waals surface area contributed by atoms with Crippen LogP contribution in [0.2, 0.25) is 0 Å². The third kappa shape index (κ3) is 3.38. The maximum Gasteiger partial charge on any atom is 0.167 e. The molecule has 4 aliphatic rings. The summed E-state index contributed by atoms with van der Waals surface area (Å²) in [4.78, 5) is 6.88. The molecule has 0 aromatic carbocycles. The van der Waals surface area contributed by atoms with Crippen LogP contribution < -0.4 is 0 Å². The van der Waals surface area contributed by atoms with Gasteiger partial charge in [0, 0.05) is 30.5 Å². The molecule has 0 aromatic rings. The van der Waals surface area contributed by atoms with E-state index in [4.69, 9.17) is 9.73 Å². The molecule has 2 aliphatic carbocycles. The molecule has 2 heterocycles. The van der Waals surface area contributed by atoms with Crippen molar-refractivity contribution in [2.24, 2.45) is 16.3 Å². The van der Waals surface area contributed by atoms with Gasteiger partial charge in [-0.1, -0.05) is 31.2 Å². The SMILES string of the molecule is C=CC1=C(C)CCC(OCC2(C)CC2)=C(N2CC(F)C3=CC[C@H]3C2)N=C1. The molecule has 140 valence electrons. The molecule has 0 radical (unpaired) electrons. The van der Waals surface area contributed by atoms with Crippen molar-refractivity contribution in [3.63, 3.8) is 0 Å². The van der Waals surface area contributed by atoms with Crippen LogP contribution in [-0.4, -0.2) is 37.0 Å². The first-order chi connectivity index (χ1) is 12.5. The Morgan fingerprint density at radius 2 is 2.19 bits per heavy atom. The summed E-state index contributed by atoms with van der Waals surface area (Å²) in [5.74, 6) is 2.09. The lowest BCUT2D eigenvalue weighted by molar-refractivity contribution is 0.123. The summed E-state index contributed by atoms with van der Waals surface area (Å²) in [6.07, 6.45) is 10.1. The average Bonchev–Trinajstić information content (AvgIpc) is 3.30. The summed E-state index contributed by atoms with van der Waals surface area (Å²) in [5, 5.41) is 0. The maximum atomic E-state index is 14.5. The van der Waals surface area contributed by atoms with E-state index >= 15 is 0 Å². The highest BCUT2D eigenvalue weighted by Gasteiger charge is 2.40. The van der Waals surface area contributed by atoms with Crippen LogP contribution in [0.25, 0.3) is 0 Å². The summed E-state index contributed by atoms with van der Waals surface area (Å²) in [6.45, 7) is 10.3. The number of hydrogen-bond donors (Lipinski definition) is 0. The minimum atomic E-state index is -0.881. The van der Waals surface area contributed by atoms with Crippen molar-refractivity contribution in [1.82, 2.24) is 4.90 Å². The van der Waals surface area contributed by atoms with Gasteiger partial charge in [-0.15, -0.1) is 0 Å². The highest BCUT2D eigenvalue weighted by Crippen LogP contribution is 2.46. The number of ether oxygens (including phenoxy) is 1. The molecule has 0 amide bonds. The van der Waals surface area contributed by atoms with Gasteiger partial charge in [0.15, 0.2) is 5.82 Å². The zero-order chi connectivity index (χ0) is 18.3. The molecule has 2 aliphatic heterocycles. The van der Waals surface area contributed by atoms with Gasteiger partial charge in [-0.2, -0.15) is 0 Å². The van der Waals surface area contributed by atoms with Crippen LogP contribution in [0.15, 0.2) is 52.0 Å². The molecule has 0 bridgehead atoms. The molecule has 2 atom stereocenters. The topological polar surface area (TPSA) is 24.8 Å². The van der Waals surface area contributed by atoms with Gasteiger partial charge in [-0.25, -0.2) is 9.38 Å². The number of alkyl halides is 1. The van der Waals surface area contributed by atoms with Crippen LogP contribution in [-0.2, 0) is 4.74 Å². The molecule has 3 nitrogen and oxygen atoms in total. The molecule has 0 spiro atoms. The number of halogens is 1. The third-order valence-corrected chi connectivity index (χ3v) is 6.31. The molecule has 1 unspecified atom stereocenters. The summed E-state index contributed by atoms with van der Waals surface area (Å²) in [7, 11) is 0. The van der Waals surface area contributed by atoms with Crippen molar-refractivity contribution in [1.29, 1.82) is 0 Å². The van der Waals surface area contributed by atoms with Crippen LogP contribution in [0.4, 0.5) is 4.39 Å². The first-order valence-corrected chi connectivity index (χ1v) is 9.80. The van der Waals surface area contributed by atoms with Gasteiger partial charge in [0.05, 0.1) is 13.2 Å². The molecule has 26 heavy (non-hydrogen) atoms. The normalized spacial score (nSPS) is 30.1. The van der Waals surface area contributed by atoms with Crippen LogP contribution >= 0.6 is 0 Å². The minimum absolute atomic E-state index is 0.315. The Balaban J connectivity index is 1.62. The quantitative estimate of drug-likeness (QED) is 0.652. The van der Waals surface area contributed by atoms with E-state index in [-0.39, 0.29) is 0 Å². The largest absolute Gasteiger partial charge is 0.494 e. The molecule has 0 N–H and O–H groups in total. The monoisotopic (exact) mass is 356 g/mol. The average molecular weight is 356 g/mol. The van der Waals surface area contributed by atoms with Crippen LogP contribution in [0.1, 0.15) is 46.0 Å². The number of fused-ring (bicyclic) bond motifs is 1. The minimum Gasteiger partial charge on any atom is -0.494 e. The van der Waals surface area contributed by atoms with Gasteiger partial charge in [0.2, 0.25) is 0 Å². The fourth-order valence-corrected chi connectivity index (χ4v) is 3.91. The summed E-state index contributed by atoms with van der Waals surface area (Å²) < 4.78 is 20.8. The Morgan fingerprint density at radius 3 is 2.81 bits per heavy atom. The standard InChI is InChI=1S/C22H29FN2O/c1-4-16-11-24-21(25-12-17-6-7-18(17)19(23)13-25)20(8-5-15(16)2)26-14-22(3)9-10-22/h4,7,11,17,19H,1,5-6,8-10,12-14H2,2-3H3/t17-,19?/m0/s1. The summed E-state index contributed by atoms with van der Waals surface area (Å²) in [6, 6.07) is 0. The zero-order valence-electron chi connectivity index (χ0n) is 15.9. The van der Waals surface area contributed by atoms with Gasteiger partial charge in [-0.3, -0.25) is 0 Å². The van der Waals surface area contributed by atoms with Gasteiger partial charge in [-0.05, 0) is 43.8 Å². The van der Waals surface area contributed by atoms with E-state index in [0.717, 1.165) is 55.1 Å². The Hall–Kier alpha value is -1.84. The first-order valence-electron chi connectivity index (χ1n) is 9.80. The number of piperidine rings is 1. The fraction of sp³-hybridized carbons (Fsp3) is 0.591. The molecular weight excluding hydrogens is 327 g/mol.